The average Bonchev–Trinajstić information content (AvgIpc) is 3.59. The van der Waals surface area contributed by atoms with Crippen LogP contribution in [-0.4, -0.2) is 116 Å². The van der Waals surface area contributed by atoms with Crippen molar-refractivity contribution in [3.05, 3.63) is 0 Å². The molecule has 0 aromatic rings. The molecule has 0 bridgehead atoms. The van der Waals surface area contributed by atoms with E-state index in [1.165, 1.54) is 11.2 Å². The minimum Gasteiger partial charge on any atom is -0.479 e. The Kier molecular flexibility index (Phi) is 9.98. The van der Waals surface area contributed by atoms with Gasteiger partial charge < -0.3 is 41.7 Å². The van der Waals surface area contributed by atoms with Gasteiger partial charge in [0.1, 0.15) is 24.5 Å². The number of hydrogen-bond donors (Lipinski definition) is 7. The van der Waals surface area contributed by atoms with Crippen LogP contribution in [0.1, 0.15) is 32.1 Å². The third-order valence-electron chi connectivity index (χ3n) is 5.66. The molecule has 16 heteroatoms. The van der Waals surface area contributed by atoms with Crippen LogP contribution in [0.2, 0.25) is 0 Å². The number of aliphatic imine (C=N–C) groups is 2. The van der Waals surface area contributed by atoms with E-state index in [4.69, 9.17) is 26.2 Å². The zero-order valence-electron chi connectivity index (χ0n) is 19.0. The number of amides is 4. The Balaban J connectivity index is 0.000000388. The lowest BCUT2D eigenvalue weighted by atomic mass is 10.1. The molecule has 0 aliphatic carbocycles. The summed E-state index contributed by atoms with van der Waals surface area (Å²) in [6.45, 7) is 0.418. The first-order chi connectivity index (χ1) is 16.9. The first-order valence-corrected chi connectivity index (χ1v) is 11.0. The number of aliphatic hydroxyl groups is 2. The first kappa shape index (κ1) is 28.3. The minimum atomic E-state index is -2.27. The van der Waals surface area contributed by atoms with E-state index in [-0.39, 0.29) is 30.7 Å². The summed E-state index contributed by atoms with van der Waals surface area (Å²) in [4.78, 5) is 77.4. The molecule has 16 nitrogen and oxygen atoms in total. The number of nitrogens with two attached hydrogens (primary N) is 1. The number of nitrogens with zero attached hydrogens (tertiary/aromatic N) is 3. The molecule has 36 heavy (non-hydrogen) atoms. The van der Waals surface area contributed by atoms with Crippen LogP contribution in [-0.2, 0) is 28.8 Å². The van der Waals surface area contributed by atoms with Crippen LogP contribution in [0.3, 0.4) is 0 Å². The van der Waals surface area contributed by atoms with Crippen LogP contribution in [0, 0.1) is 0 Å². The van der Waals surface area contributed by atoms with Crippen LogP contribution in [0.5, 0.6) is 0 Å². The molecule has 8 N–H and O–H groups in total. The maximum absolute atomic E-state index is 13.0. The Hall–Kier alpha value is -3.92. The van der Waals surface area contributed by atoms with Crippen molar-refractivity contribution in [1.82, 2.24) is 15.5 Å². The van der Waals surface area contributed by atoms with Crippen molar-refractivity contribution in [3.8, 4) is 0 Å². The van der Waals surface area contributed by atoms with Crippen molar-refractivity contribution < 1.29 is 49.2 Å². The number of carbonyl (C=O) groups excluding carboxylic acids is 4. The van der Waals surface area contributed by atoms with E-state index in [9.17, 15) is 28.8 Å². The molecule has 6 atom stereocenters. The number of aliphatic hydroxyl groups excluding tert-OH is 2. The molecule has 2 fully saturated rings. The number of aliphatic carboxylic acids is 2. The van der Waals surface area contributed by atoms with E-state index in [0.717, 1.165) is 0 Å². The highest BCUT2D eigenvalue weighted by atomic mass is 16.4. The van der Waals surface area contributed by atoms with Crippen molar-refractivity contribution in [2.45, 2.75) is 68.5 Å². The standard InChI is InChI=1S/C16H22N6O4.C4H6O6/c17-14(24)12-2-1-5-22(12)16(26)11(6-9-7-18-8-19-9)21-15(25)10-3-4-13(23)20-10;5-1(3(7)8)2(6)4(9)10/h7-12H,1-6H2,(H2,17,24)(H,20,23)(H,21,25);1-2,5-6H,(H,7,8)(H,9,10)/t9?,10-,11-,12-;1-,2-/m01/s1. The third-order valence-corrected chi connectivity index (χ3v) is 5.66. The smallest absolute Gasteiger partial charge is 0.335 e. The Morgan fingerprint density at radius 1 is 1.14 bits per heavy atom. The Morgan fingerprint density at radius 2 is 1.78 bits per heavy atom. The molecule has 3 aliphatic heterocycles. The monoisotopic (exact) mass is 512 g/mol. The zero-order valence-corrected chi connectivity index (χ0v) is 19.0. The second kappa shape index (κ2) is 12.7. The fourth-order valence-corrected chi connectivity index (χ4v) is 3.76. The van der Waals surface area contributed by atoms with Gasteiger partial charge in [0.05, 0.1) is 6.04 Å². The summed E-state index contributed by atoms with van der Waals surface area (Å²) in [6.07, 6.45) is 0.564. The first-order valence-electron chi connectivity index (χ1n) is 11.0. The summed E-state index contributed by atoms with van der Waals surface area (Å²) in [5, 5.41) is 37.8. The largest absolute Gasteiger partial charge is 0.479 e. The molecule has 0 spiro atoms. The molecule has 198 valence electrons. The van der Waals surface area contributed by atoms with Gasteiger partial charge >= 0.3 is 11.9 Å². The van der Waals surface area contributed by atoms with Crippen molar-refractivity contribution in [3.63, 3.8) is 0 Å². The zero-order chi connectivity index (χ0) is 27.0. The van der Waals surface area contributed by atoms with Gasteiger partial charge in [-0.15, -0.1) is 0 Å². The van der Waals surface area contributed by atoms with Gasteiger partial charge in [-0.2, -0.15) is 0 Å². The molecule has 0 aromatic carbocycles. The molecule has 2 saturated heterocycles. The Bertz CT molecular complexity index is 923. The summed E-state index contributed by atoms with van der Waals surface area (Å²) in [7, 11) is 0. The van der Waals surface area contributed by atoms with E-state index in [0.29, 0.717) is 25.8 Å². The molecular weight excluding hydrogens is 484 g/mol. The predicted molar refractivity (Wildman–Crippen MR) is 120 cm³/mol. The Labute approximate surface area is 204 Å². The van der Waals surface area contributed by atoms with E-state index < -0.39 is 54.1 Å². The highest BCUT2D eigenvalue weighted by Crippen LogP contribution is 2.20. The van der Waals surface area contributed by atoms with Crippen LogP contribution in [0.25, 0.3) is 0 Å². The topological polar surface area (TPSA) is 261 Å². The second-order valence-corrected chi connectivity index (χ2v) is 8.24. The van der Waals surface area contributed by atoms with Gasteiger partial charge in [0.15, 0.2) is 12.2 Å². The molecular formula is C20H28N6O10. The fraction of sp³-hybridized carbons (Fsp3) is 0.600. The number of nitrogens with one attached hydrogen (secondary N) is 2. The molecule has 3 heterocycles. The lowest BCUT2D eigenvalue weighted by molar-refractivity contribution is -0.165. The number of primary amides is 1. The Morgan fingerprint density at radius 3 is 2.25 bits per heavy atom. The fourth-order valence-electron chi connectivity index (χ4n) is 3.76. The normalized spacial score (nSPS) is 24.8. The van der Waals surface area contributed by atoms with E-state index in [1.807, 2.05) is 0 Å². The predicted octanol–water partition coefficient (Wildman–Crippen LogP) is -4.03. The molecule has 3 aliphatic rings. The second-order valence-electron chi connectivity index (χ2n) is 8.24. The highest BCUT2D eigenvalue weighted by Gasteiger charge is 2.39. The number of carboxylic acid groups (broad SMARTS) is 2. The summed E-state index contributed by atoms with van der Waals surface area (Å²) < 4.78 is 0. The van der Waals surface area contributed by atoms with Gasteiger partial charge in [-0.05, 0) is 19.3 Å². The number of rotatable bonds is 9. The van der Waals surface area contributed by atoms with Gasteiger partial charge in [-0.25, -0.2) is 14.6 Å². The lowest BCUT2D eigenvalue weighted by Gasteiger charge is -2.29. The maximum atomic E-state index is 13.0. The van der Waals surface area contributed by atoms with Crippen LogP contribution >= 0.6 is 0 Å². The summed E-state index contributed by atoms with van der Waals surface area (Å²) in [5.74, 6) is -5.05. The summed E-state index contributed by atoms with van der Waals surface area (Å²) in [6, 6.07) is -2.50. The molecule has 0 aromatic heterocycles. The quantitative estimate of drug-likeness (QED) is 0.157. The number of carboxylic acids is 2. The molecule has 0 saturated carbocycles. The highest BCUT2D eigenvalue weighted by molar-refractivity contribution is 5.96. The van der Waals surface area contributed by atoms with Crippen molar-refractivity contribution in [1.29, 1.82) is 0 Å². The van der Waals surface area contributed by atoms with E-state index in [1.54, 1.807) is 6.21 Å². The maximum Gasteiger partial charge on any atom is 0.335 e. The van der Waals surface area contributed by atoms with Gasteiger partial charge in [0.25, 0.3) is 0 Å². The third kappa shape index (κ3) is 7.54. The van der Waals surface area contributed by atoms with Crippen LogP contribution < -0.4 is 16.4 Å². The molecule has 0 radical (unpaired) electrons. The van der Waals surface area contributed by atoms with Gasteiger partial charge in [-0.1, -0.05) is 0 Å². The number of carbonyl (C=O) groups is 6. The lowest BCUT2D eigenvalue weighted by Crippen LogP contribution is -2.56. The summed E-state index contributed by atoms with van der Waals surface area (Å²) in [5.41, 5.74) is 5.39. The number of likely N-dealkylation sites (tertiary alicyclic amines) is 1. The molecule has 4 amide bonds. The van der Waals surface area contributed by atoms with Crippen LogP contribution in [0.4, 0.5) is 0 Å². The van der Waals surface area contributed by atoms with Gasteiger partial charge in [-0.3, -0.25) is 24.2 Å². The van der Waals surface area contributed by atoms with Crippen LogP contribution in [0.15, 0.2) is 9.98 Å². The van der Waals surface area contributed by atoms with Crippen molar-refractivity contribution in [2.75, 3.05) is 6.54 Å². The van der Waals surface area contributed by atoms with E-state index in [2.05, 4.69) is 20.6 Å². The van der Waals surface area contributed by atoms with Gasteiger partial charge in [0, 0.05) is 25.6 Å². The molecule has 1 unspecified atom stereocenters. The van der Waals surface area contributed by atoms with E-state index >= 15 is 0 Å². The SMILES string of the molecule is NC(=O)[C@@H]1CCCN1C(=O)[C@H](CC1C=NC=N1)NC(=O)[C@@H]1CCC(=O)N1.O=C(O)[C@H](O)[C@@H](O)C(=O)O. The summed E-state index contributed by atoms with van der Waals surface area (Å²) >= 11 is 0. The number of hydrogen-bond acceptors (Lipinski definition) is 10. The minimum absolute atomic E-state index is 0.186. The van der Waals surface area contributed by atoms with Crippen molar-refractivity contribution >= 4 is 48.1 Å². The molecule has 3 rings (SSSR count). The average molecular weight is 512 g/mol. The van der Waals surface area contributed by atoms with Crippen molar-refractivity contribution in [2.24, 2.45) is 15.7 Å². The van der Waals surface area contributed by atoms with Gasteiger partial charge in [0.2, 0.25) is 23.6 Å².